The summed E-state index contributed by atoms with van der Waals surface area (Å²) >= 11 is 0. The molecule has 1 aliphatic heterocycles. The van der Waals surface area contributed by atoms with Gasteiger partial charge in [-0.05, 0) is 19.4 Å². The van der Waals surface area contributed by atoms with E-state index in [9.17, 15) is 9.59 Å². The SMILES string of the molecule is CCN1CCC(NC=O)(C(=O)O)CC1. The van der Waals surface area contributed by atoms with E-state index in [1.54, 1.807) is 0 Å². The zero-order valence-electron chi connectivity index (χ0n) is 8.32. The van der Waals surface area contributed by atoms with E-state index in [0.29, 0.717) is 19.3 Å². The number of nitrogens with zero attached hydrogens (tertiary/aromatic N) is 1. The number of carboxylic acid groups (broad SMARTS) is 1. The van der Waals surface area contributed by atoms with Gasteiger partial charge in [0.2, 0.25) is 6.41 Å². The van der Waals surface area contributed by atoms with Gasteiger partial charge in [-0.2, -0.15) is 0 Å². The van der Waals surface area contributed by atoms with Crippen molar-refractivity contribution < 1.29 is 14.7 Å². The molecule has 0 unspecified atom stereocenters. The van der Waals surface area contributed by atoms with Crippen molar-refractivity contribution in [2.45, 2.75) is 25.3 Å². The molecule has 1 amide bonds. The van der Waals surface area contributed by atoms with Gasteiger partial charge < -0.3 is 15.3 Å². The van der Waals surface area contributed by atoms with Crippen LogP contribution < -0.4 is 5.32 Å². The van der Waals surface area contributed by atoms with Crippen LogP contribution >= 0.6 is 0 Å². The Morgan fingerprint density at radius 2 is 2.14 bits per heavy atom. The van der Waals surface area contributed by atoms with Gasteiger partial charge in [0.25, 0.3) is 0 Å². The fourth-order valence-electron chi connectivity index (χ4n) is 1.78. The van der Waals surface area contributed by atoms with Crippen molar-refractivity contribution in [1.29, 1.82) is 0 Å². The Labute approximate surface area is 83.1 Å². The van der Waals surface area contributed by atoms with Crippen LogP contribution in [0.3, 0.4) is 0 Å². The number of amides is 1. The number of carboxylic acids is 1. The van der Waals surface area contributed by atoms with E-state index < -0.39 is 11.5 Å². The molecule has 0 spiro atoms. The Hall–Kier alpha value is -1.10. The Bertz CT molecular complexity index is 222. The third kappa shape index (κ3) is 2.04. The molecule has 0 atom stereocenters. The highest BCUT2D eigenvalue weighted by atomic mass is 16.4. The lowest BCUT2D eigenvalue weighted by Gasteiger charge is -2.37. The number of rotatable bonds is 4. The van der Waals surface area contributed by atoms with Crippen molar-refractivity contribution in [2.75, 3.05) is 19.6 Å². The summed E-state index contributed by atoms with van der Waals surface area (Å²) in [6.07, 6.45) is 1.44. The van der Waals surface area contributed by atoms with Gasteiger partial charge in [0.1, 0.15) is 5.54 Å². The van der Waals surface area contributed by atoms with E-state index in [-0.39, 0.29) is 0 Å². The molecule has 1 heterocycles. The second-order valence-corrected chi connectivity index (χ2v) is 3.58. The molecule has 0 aromatic rings. The lowest BCUT2D eigenvalue weighted by Crippen LogP contribution is -2.57. The van der Waals surface area contributed by atoms with Gasteiger partial charge in [-0.3, -0.25) is 4.79 Å². The average Bonchev–Trinajstić information content (AvgIpc) is 2.19. The lowest BCUT2D eigenvalue weighted by molar-refractivity contribution is -0.148. The third-order valence-electron chi connectivity index (χ3n) is 2.90. The highest BCUT2D eigenvalue weighted by Gasteiger charge is 2.40. The molecular weight excluding hydrogens is 184 g/mol. The van der Waals surface area contributed by atoms with Crippen LogP contribution in [0.25, 0.3) is 0 Å². The van der Waals surface area contributed by atoms with Gasteiger partial charge in [0.15, 0.2) is 0 Å². The third-order valence-corrected chi connectivity index (χ3v) is 2.90. The monoisotopic (exact) mass is 200 g/mol. The summed E-state index contributed by atoms with van der Waals surface area (Å²) in [6, 6.07) is 0. The van der Waals surface area contributed by atoms with Crippen LogP contribution in [0, 0.1) is 0 Å². The van der Waals surface area contributed by atoms with E-state index in [4.69, 9.17) is 5.11 Å². The molecule has 1 saturated heterocycles. The first kappa shape index (κ1) is 11.0. The van der Waals surface area contributed by atoms with Crippen molar-refractivity contribution in [3.8, 4) is 0 Å². The molecule has 1 rings (SSSR count). The second-order valence-electron chi connectivity index (χ2n) is 3.58. The van der Waals surface area contributed by atoms with E-state index in [1.807, 2.05) is 6.92 Å². The molecule has 14 heavy (non-hydrogen) atoms. The molecule has 0 aromatic heterocycles. The number of aliphatic carboxylic acids is 1. The van der Waals surface area contributed by atoms with Crippen LogP contribution in [-0.2, 0) is 9.59 Å². The number of hydrogen-bond donors (Lipinski definition) is 2. The lowest BCUT2D eigenvalue weighted by atomic mass is 9.88. The molecule has 0 saturated carbocycles. The summed E-state index contributed by atoms with van der Waals surface area (Å²) in [5.41, 5.74) is -1.03. The number of carbonyl (C=O) groups excluding carboxylic acids is 1. The van der Waals surface area contributed by atoms with Gasteiger partial charge in [0.05, 0.1) is 0 Å². The van der Waals surface area contributed by atoms with Crippen LogP contribution in [0.5, 0.6) is 0 Å². The molecule has 0 bridgehead atoms. The molecule has 0 aliphatic carbocycles. The van der Waals surface area contributed by atoms with Gasteiger partial charge in [0, 0.05) is 13.1 Å². The molecule has 80 valence electrons. The predicted molar refractivity (Wildman–Crippen MR) is 50.9 cm³/mol. The molecular formula is C9H16N2O3. The van der Waals surface area contributed by atoms with Crippen molar-refractivity contribution in [2.24, 2.45) is 0 Å². The topological polar surface area (TPSA) is 69.6 Å². The predicted octanol–water partition coefficient (Wildman–Crippen LogP) is -0.328. The second kappa shape index (κ2) is 4.41. The first-order chi connectivity index (χ1) is 6.64. The molecule has 5 heteroatoms. The summed E-state index contributed by atoms with van der Waals surface area (Å²) in [4.78, 5) is 23.5. The molecule has 1 fully saturated rings. The fraction of sp³-hybridized carbons (Fsp3) is 0.778. The Balaban J connectivity index is 2.64. The number of nitrogens with one attached hydrogen (secondary N) is 1. The minimum Gasteiger partial charge on any atom is -0.480 e. The van der Waals surface area contributed by atoms with E-state index in [1.165, 1.54) is 0 Å². The molecule has 0 aromatic carbocycles. The van der Waals surface area contributed by atoms with Crippen molar-refractivity contribution in [3.05, 3.63) is 0 Å². The molecule has 2 N–H and O–H groups in total. The minimum atomic E-state index is -1.03. The zero-order chi connectivity index (χ0) is 10.6. The number of likely N-dealkylation sites (tertiary alicyclic amines) is 1. The van der Waals surface area contributed by atoms with Crippen molar-refractivity contribution in [3.63, 3.8) is 0 Å². The summed E-state index contributed by atoms with van der Waals surface area (Å²) < 4.78 is 0. The highest BCUT2D eigenvalue weighted by Crippen LogP contribution is 2.21. The van der Waals surface area contributed by atoms with Crippen molar-refractivity contribution in [1.82, 2.24) is 10.2 Å². The van der Waals surface area contributed by atoms with E-state index in [2.05, 4.69) is 10.2 Å². The van der Waals surface area contributed by atoms with Gasteiger partial charge >= 0.3 is 5.97 Å². The zero-order valence-corrected chi connectivity index (χ0v) is 8.32. The molecule has 0 radical (unpaired) electrons. The van der Waals surface area contributed by atoms with Crippen LogP contribution in [0.4, 0.5) is 0 Å². The summed E-state index contributed by atoms with van der Waals surface area (Å²) in [5.74, 6) is -0.930. The largest absolute Gasteiger partial charge is 0.480 e. The quantitative estimate of drug-likeness (QED) is 0.610. The summed E-state index contributed by atoms with van der Waals surface area (Å²) in [7, 11) is 0. The van der Waals surface area contributed by atoms with Crippen LogP contribution in [0.1, 0.15) is 19.8 Å². The molecule has 1 aliphatic rings. The standard InChI is InChI=1S/C9H16N2O3/c1-2-11-5-3-9(4-6-11,8(13)14)10-7-12/h7H,2-6H2,1H3,(H,10,12)(H,13,14). The maximum absolute atomic E-state index is 11.0. The average molecular weight is 200 g/mol. The Morgan fingerprint density at radius 3 is 2.50 bits per heavy atom. The van der Waals surface area contributed by atoms with Crippen molar-refractivity contribution >= 4 is 12.4 Å². The minimum absolute atomic E-state index is 0.481. The van der Waals surface area contributed by atoms with Crippen LogP contribution in [-0.4, -0.2) is 47.6 Å². The first-order valence-electron chi connectivity index (χ1n) is 4.82. The maximum atomic E-state index is 11.0. The number of piperidine rings is 1. The normalized spacial score (nSPS) is 21.5. The Kier molecular flexibility index (Phi) is 3.46. The highest BCUT2D eigenvalue weighted by molar-refractivity contribution is 5.81. The first-order valence-corrected chi connectivity index (χ1v) is 4.82. The number of hydrogen-bond acceptors (Lipinski definition) is 3. The van der Waals surface area contributed by atoms with Gasteiger partial charge in [-0.25, -0.2) is 4.79 Å². The van der Waals surface area contributed by atoms with E-state index in [0.717, 1.165) is 19.6 Å². The van der Waals surface area contributed by atoms with Gasteiger partial charge in [-0.15, -0.1) is 0 Å². The smallest absolute Gasteiger partial charge is 0.329 e. The van der Waals surface area contributed by atoms with Crippen LogP contribution in [0.2, 0.25) is 0 Å². The fourth-order valence-corrected chi connectivity index (χ4v) is 1.78. The van der Waals surface area contributed by atoms with Gasteiger partial charge in [-0.1, -0.05) is 6.92 Å². The Morgan fingerprint density at radius 1 is 1.57 bits per heavy atom. The summed E-state index contributed by atoms with van der Waals surface area (Å²) in [5, 5.41) is 11.5. The van der Waals surface area contributed by atoms with E-state index >= 15 is 0 Å². The maximum Gasteiger partial charge on any atom is 0.329 e. The molecule has 5 nitrogen and oxygen atoms in total. The van der Waals surface area contributed by atoms with Crippen LogP contribution in [0.15, 0.2) is 0 Å². The summed E-state index contributed by atoms with van der Waals surface area (Å²) in [6.45, 7) is 4.42. The number of carbonyl (C=O) groups is 2.